The van der Waals surface area contributed by atoms with Gasteiger partial charge >= 0.3 is 6.03 Å². The zero-order valence-electron chi connectivity index (χ0n) is 14.9. The number of hydrogen-bond donors (Lipinski definition) is 1. The minimum atomic E-state index is -0.0564. The van der Waals surface area contributed by atoms with E-state index in [0.29, 0.717) is 11.4 Å². The van der Waals surface area contributed by atoms with Gasteiger partial charge in [-0.3, -0.25) is 4.79 Å². The maximum absolute atomic E-state index is 12.6. The Morgan fingerprint density at radius 2 is 1.84 bits per heavy atom. The maximum Gasteiger partial charge on any atom is 0.317 e. The van der Waals surface area contributed by atoms with Crippen LogP contribution in [0.5, 0.6) is 0 Å². The van der Waals surface area contributed by atoms with Gasteiger partial charge in [0.05, 0.1) is 6.04 Å². The van der Waals surface area contributed by atoms with Gasteiger partial charge in [-0.2, -0.15) is 0 Å². The lowest BCUT2D eigenvalue weighted by Gasteiger charge is -2.46. The predicted molar refractivity (Wildman–Crippen MR) is 98.5 cm³/mol. The Hall–Kier alpha value is -1.75. The van der Waals surface area contributed by atoms with Crippen LogP contribution >= 0.6 is 11.6 Å². The molecule has 2 saturated heterocycles. The van der Waals surface area contributed by atoms with Crippen LogP contribution in [0.1, 0.15) is 44.2 Å². The minimum Gasteiger partial charge on any atom is -0.345 e. The van der Waals surface area contributed by atoms with Gasteiger partial charge in [0, 0.05) is 38.1 Å². The number of halogens is 1. The summed E-state index contributed by atoms with van der Waals surface area (Å²) in [5, 5.41) is 3.77. The van der Waals surface area contributed by atoms with Crippen molar-refractivity contribution in [1.82, 2.24) is 15.1 Å². The first-order chi connectivity index (χ1) is 11.9. The second kappa shape index (κ2) is 7.24. The second-order valence-corrected chi connectivity index (χ2v) is 7.90. The van der Waals surface area contributed by atoms with Crippen molar-refractivity contribution in [3.05, 3.63) is 34.9 Å². The van der Waals surface area contributed by atoms with E-state index in [-0.39, 0.29) is 23.4 Å². The van der Waals surface area contributed by atoms with Crippen LogP contribution in [-0.4, -0.2) is 48.4 Å². The number of nitrogens with zero attached hydrogens (tertiary/aromatic N) is 2. The van der Waals surface area contributed by atoms with E-state index in [2.05, 4.69) is 5.32 Å². The SMILES string of the molecule is CC(NC(=O)N1CCC2(CCC(=O)N(C)C2)CC1)c1ccc(Cl)cc1. The number of nitrogens with one attached hydrogen (secondary N) is 1. The van der Waals surface area contributed by atoms with Crippen molar-refractivity contribution in [2.45, 2.75) is 38.6 Å². The van der Waals surface area contributed by atoms with E-state index in [4.69, 9.17) is 11.6 Å². The van der Waals surface area contributed by atoms with Crippen molar-refractivity contribution in [3.63, 3.8) is 0 Å². The second-order valence-electron chi connectivity index (χ2n) is 7.46. The van der Waals surface area contributed by atoms with Crippen LogP contribution in [0.2, 0.25) is 5.02 Å². The normalized spacial score (nSPS) is 21.3. The van der Waals surface area contributed by atoms with Gasteiger partial charge in [-0.05, 0) is 49.3 Å². The van der Waals surface area contributed by atoms with E-state index in [1.807, 2.05) is 48.0 Å². The average molecular weight is 364 g/mol. The highest BCUT2D eigenvalue weighted by Crippen LogP contribution is 2.39. The van der Waals surface area contributed by atoms with E-state index < -0.39 is 0 Å². The Bertz CT molecular complexity index is 639. The summed E-state index contributed by atoms with van der Waals surface area (Å²) >= 11 is 5.91. The van der Waals surface area contributed by atoms with Crippen molar-refractivity contribution in [1.29, 1.82) is 0 Å². The summed E-state index contributed by atoms with van der Waals surface area (Å²) in [5.41, 5.74) is 1.24. The van der Waals surface area contributed by atoms with Crippen molar-refractivity contribution in [2.75, 3.05) is 26.7 Å². The van der Waals surface area contributed by atoms with Crippen LogP contribution in [0.3, 0.4) is 0 Å². The number of likely N-dealkylation sites (tertiary alicyclic amines) is 2. The van der Waals surface area contributed by atoms with E-state index >= 15 is 0 Å². The Morgan fingerprint density at radius 1 is 1.20 bits per heavy atom. The van der Waals surface area contributed by atoms with Gasteiger partial charge in [-0.25, -0.2) is 4.79 Å². The summed E-state index contributed by atoms with van der Waals surface area (Å²) in [5.74, 6) is 0.239. The molecule has 1 N–H and O–H groups in total. The van der Waals surface area contributed by atoms with Crippen LogP contribution in [0.25, 0.3) is 0 Å². The van der Waals surface area contributed by atoms with Crippen LogP contribution < -0.4 is 5.32 Å². The zero-order chi connectivity index (χ0) is 18.0. The third-order valence-electron chi connectivity index (χ3n) is 5.69. The molecule has 25 heavy (non-hydrogen) atoms. The van der Waals surface area contributed by atoms with Gasteiger partial charge in [0.25, 0.3) is 0 Å². The molecule has 0 aliphatic carbocycles. The van der Waals surface area contributed by atoms with Gasteiger partial charge < -0.3 is 15.1 Å². The first kappa shape index (κ1) is 18.1. The summed E-state index contributed by atoms with van der Waals surface area (Å²) in [7, 11) is 1.89. The van der Waals surface area contributed by atoms with Crippen molar-refractivity contribution in [3.8, 4) is 0 Å². The summed E-state index contributed by atoms with van der Waals surface area (Å²) in [4.78, 5) is 28.0. The fraction of sp³-hybridized carbons (Fsp3) is 0.579. The van der Waals surface area contributed by atoms with Gasteiger partial charge in [0.2, 0.25) is 5.91 Å². The number of benzene rings is 1. The average Bonchev–Trinajstić information content (AvgIpc) is 2.60. The molecule has 5 nitrogen and oxygen atoms in total. The number of rotatable bonds is 2. The first-order valence-corrected chi connectivity index (χ1v) is 9.31. The number of piperidine rings is 2. The molecular weight excluding hydrogens is 338 g/mol. The van der Waals surface area contributed by atoms with Crippen LogP contribution in [0, 0.1) is 5.41 Å². The molecular formula is C19H26ClN3O2. The molecule has 0 radical (unpaired) electrons. The predicted octanol–water partition coefficient (Wildman–Crippen LogP) is 3.45. The molecule has 3 rings (SSSR count). The summed E-state index contributed by atoms with van der Waals surface area (Å²) < 4.78 is 0. The van der Waals surface area contributed by atoms with Crippen molar-refractivity contribution in [2.24, 2.45) is 5.41 Å². The summed E-state index contributed by atoms with van der Waals surface area (Å²) in [6, 6.07) is 7.48. The molecule has 2 aliphatic heterocycles. The van der Waals surface area contributed by atoms with E-state index in [0.717, 1.165) is 44.5 Å². The molecule has 0 bridgehead atoms. The lowest BCUT2D eigenvalue weighted by molar-refractivity contribution is -0.137. The molecule has 2 fully saturated rings. The topological polar surface area (TPSA) is 52.7 Å². The molecule has 6 heteroatoms. The third kappa shape index (κ3) is 4.09. The van der Waals surface area contributed by atoms with Crippen molar-refractivity contribution >= 4 is 23.5 Å². The number of urea groups is 1. The molecule has 1 aromatic carbocycles. The number of hydrogen-bond acceptors (Lipinski definition) is 2. The molecule has 2 heterocycles. The molecule has 3 amide bonds. The zero-order valence-corrected chi connectivity index (χ0v) is 15.7. The molecule has 1 unspecified atom stereocenters. The molecule has 0 aromatic heterocycles. The molecule has 136 valence electrons. The highest BCUT2D eigenvalue weighted by Gasteiger charge is 2.40. The van der Waals surface area contributed by atoms with Crippen LogP contribution in [0.4, 0.5) is 4.79 Å². The van der Waals surface area contributed by atoms with Gasteiger partial charge in [0.15, 0.2) is 0 Å². The summed E-state index contributed by atoms with van der Waals surface area (Å²) in [6.07, 6.45) is 3.52. The molecule has 1 spiro atoms. The molecule has 2 aliphatic rings. The standard InChI is InChI=1S/C19H26ClN3O2/c1-14(15-3-5-16(20)6-4-15)21-18(25)23-11-9-19(10-12-23)8-7-17(24)22(2)13-19/h3-6,14H,7-13H2,1-2H3,(H,21,25). The lowest BCUT2D eigenvalue weighted by atomic mass is 9.72. The van der Waals surface area contributed by atoms with Crippen molar-refractivity contribution < 1.29 is 9.59 Å². The van der Waals surface area contributed by atoms with Gasteiger partial charge in [-0.15, -0.1) is 0 Å². The smallest absolute Gasteiger partial charge is 0.317 e. The van der Waals surface area contributed by atoms with Crippen LogP contribution in [0.15, 0.2) is 24.3 Å². The number of carbonyl (C=O) groups is 2. The monoisotopic (exact) mass is 363 g/mol. The largest absolute Gasteiger partial charge is 0.345 e. The maximum atomic E-state index is 12.6. The number of carbonyl (C=O) groups excluding carboxylic acids is 2. The molecule has 0 saturated carbocycles. The third-order valence-corrected chi connectivity index (χ3v) is 5.94. The quantitative estimate of drug-likeness (QED) is 0.875. The fourth-order valence-corrected chi connectivity index (χ4v) is 4.06. The minimum absolute atomic E-state index is 0.0162. The first-order valence-electron chi connectivity index (χ1n) is 8.93. The Morgan fingerprint density at radius 3 is 2.44 bits per heavy atom. The van der Waals surface area contributed by atoms with E-state index in [1.165, 1.54) is 0 Å². The van der Waals surface area contributed by atoms with E-state index in [1.54, 1.807) is 0 Å². The Labute approximate surface area is 154 Å². The van der Waals surface area contributed by atoms with Crippen LogP contribution in [-0.2, 0) is 4.79 Å². The molecule has 1 aromatic rings. The van der Waals surface area contributed by atoms with Gasteiger partial charge in [0.1, 0.15) is 0 Å². The van der Waals surface area contributed by atoms with Gasteiger partial charge in [-0.1, -0.05) is 23.7 Å². The lowest BCUT2D eigenvalue weighted by Crippen LogP contribution is -2.53. The fourth-order valence-electron chi connectivity index (χ4n) is 3.94. The van der Waals surface area contributed by atoms with E-state index in [9.17, 15) is 9.59 Å². The highest BCUT2D eigenvalue weighted by atomic mass is 35.5. The molecule has 1 atom stereocenters. The number of amides is 3. The summed E-state index contributed by atoms with van der Waals surface area (Å²) in [6.45, 7) is 4.30. The highest BCUT2D eigenvalue weighted by molar-refractivity contribution is 6.30. The Balaban J connectivity index is 1.53. The Kier molecular flexibility index (Phi) is 5.23.